The number of ether oxygens (including phenoxy) is 1. The van der Waals surface area contributed by atoms with Crippen molar-refractivity contribution in [2.24, 2.45) is 0 Å². The maximum absolute atomic E-state index is 11.5. The Bertz CT molecular complexity index is 363. The summed E-state index contributed by atoms with van der Waals surface area (Å²) in [5.74, 6) is -0.991. The third-order valence-electron chi connectivity index (χ3n) is 2.71. The van der Waals surface area contributed by atoms with Crippen LogP contribution in [0.1, 0.15) is 19.8 Å². The summed E-state index contributed by atoms with van der Waals surface area (Å²) in [4.78, 5) is 23.0. The van der Waals surface area contributed by atoms with Crippen molar-refractivity contribution in [3.63, 3.8) is 0 Å². The summed E-state index contributed by atoms with van der Waals surface area (Å²) >= 11 is 6.67. The molecule has 2 atom stereocenters. The number of esters is 2. The van der Waals surface area contributed by atoms with Crippen molar-refractivity contribution in [3.05, 3.63) is 11.6 Å². The highest BCUT2D eigenvalue weighted by Crippen LogP contribution is 2.53. The van der Waals surface area contributed by atoms with Crippen LogP contribution in [-0.4, -0.2) is 20.6 Å². The van der Waals surface area contributed by atoms with Crippen molar-refractivity contribution < 1.29 is 14.3 Å². The van der Waals surface area contributed by atoms with Crippen LogP contribution in [0.25, 0.3) is 0 Å². The van der Waals surface area contributed by atoms with E-state index in [-0.39, 0.29) is 0 Å². The highest BCUT2D eigenvalue weighted by Gasteiger charge is 2.67. The SMILES string of the molecule is CC1=CCC2(Br)C(=O)OC(=O)C2(Br)C1. The van der Waals surface area contributed by atoms with Gasteiger partial charge < -0.3 is 4.74 Å². The summed E-state index contributed by atoms with van der Waals surface area (Å²) in [6, 6.07) is 0. The quantitative estimate of drug-likeness (QED) is 0.297. The van der Waals surface area contributed by atoms with Gasteiger partial charge >= 0.3 is 11.9 Å². The molecule has 0 radical (unpaired) electrons. The zero-order valence-corrected chi connectivity index (χ0v) is 10.6. The second-order valence-electron chi connectivity index (χ2n) is 3.71. The molecule has 0 N–H and O–H groups in total. The van der Waals surface area contributed by atoms with Gasteiger partial charge in [-0.1, -0.05) is 43.5 Å². The average molecular weight is 324 g/mol. The molecule has 2 rings (SSSR count). The largest absolute Gasteiger partial charge is 0.391 e. The second-order valence-corrected chi connectivity index (χ2v) is 6.42. The lowest BCUT2D eigenvalue weighted by Gasteiger charge is -2.34. The summed E-state index contributed by atoms with van der Waals surface area (Å²) in [5, 5.41) is 0. The van der Waals surface area contributed by atoms with Crippen molar-refractivity contribution in [1.29, 1.82) is 0 Å². The van der Waals surface area contributed by atoms with E-state index in [0.717, 1.165) is 5.57 Å². The number of rotatable bonds is 0. The first-order valence-electron chi connectivity index (χ1n) is 4.20. The Morgan fingerprint density at radius 2 is 1.86 bits per heavy atom. The van der Waals surface area contributed by atoms with Crippen LogP contribution < -0.4 is 0 Å². The Morgan fingerprint density at radius 3 is 2.50 bits per heavy atom. The zero-order chi connectivity index (χ0) is 10.6. The fraction of sp³-hybridized carbons (Fsp3) is 0.556. The lowest BCUT2D eigenvalue weighted by atomic mass is 9.81. The molecule has 0 aromatic carbocycles. The standard InChI is InChI=1S/C9H8Br2O3/c1-5-2-3-8(10)6(12)14-7(13)9(8,11)4-5/h2H,3-4H2,1H3. The van der Waals surface area contributed by atoms with E-state index in [1.165, 1.54) is 0 Å². The first-order valence-corrected chi connectivity index (χ1v) is 5.79. The minimum atomic E-state index is -0.921. The first kappa shape index (κ1) is 10.4. The van der Waals surface area contributed by atoms with Gasteiger partial charge in [0.25, 0.3) is 0 Å². The monoisotopic (exact) mass is 322 g/mol. The van der Waals surface area contributed by atoms with Crippen LogP contribution in [0.5, 0.6) is 0 Å². The van der Waals surface area contributed by atoms with Gasteiger partial charge in [0.15, 0.2) is 8.65 Å². The molecule has 1 aliphatic heterocycles. The summed E-state index contributed by atoms with van der Waals surface area (Å²) in [6.07, 6.45) is 2.94. The first-order chi connectivity index (χ1) is 6.40. The van der Waals surface area contributed by atoms with Crippen LogP contribution in [0.3, 0.4) is 0 Å². The molecule has 0 bridgehead atoms. The van der Waals surface area contributed by atoms with E-state index in [4.69, 9.17) is 0 Å². The van der Waals surface area contributed by atoms with Gasteiger partial charge in [0.1, 0.15) is 0 Å². The molecule has 5 heteroatoms. The second kappa shape index (κ2) is 2.92. The van der Waals surface area contributed by atoms with Crippen LogP contribution >= 0.6 is 31.9 Å². The molecule has 76 valence electrons. The smallest absolute Gasteiger partial charge is 0.332 e. The van der Waals surface area contributed by atoms with Crippen molar-refractivity contribution in [1.82, 2.24) is 0 Å². The number of hydrogen-bond acceptors (Lipinski definition) is 3. The molecular formula is C9H8Br2O3. The van der Waals surface area contributed by atoms with Crippen molar-refractivity contribution in [2.45, 2.75) is 28.4 Å². The van der Waals surface area contributed by atoms with Gasteiger partial charge in [0, 0.05) is 0 Å². The Labute approximate surface area is 98.1 Å². The number of alkyl halides is 2. The molecule has 1 heterocycles. The van der Waals surface area contributed by atoms with Gasteiger partial charge in [-0.2, -0.15) is 0 Å². The minimum Gasteiger partial charge on any atom is -0.391 e. The molecular weight excluding hydrogens is 316 g/mol. The minimum absolute atomic E-state index is 0.481. The van der Waals surface area contributed by atoms with Gasteiger partial charge in [-0.15, -0.1) is 0 Å². The number of hydrogen-bond donors (Lipinski definition) is 0. The molecule has 0 amide bonds. The maximum Gasteiger partial charge on any atom is 0.332 e. The molecule has 1 fully saturated rings. The zero-order valence-electron chi connectivity index (χ0n) is 7.47. The molecule has 1 aliphatic carbocycles. The normalized spacial score (nSPS) is 41.8. The Hall–Kier alpha value is -0.160. The van der Waals surface area contributed by atoms with Gasteiger partial charge in [0.2, 0.25) is 0 Å². The highest BCUT2D eigenvalue weighted by molar-refractivity contribution is 9.13. The number of halogens is 2. The fourth-order valence-electron chi connectivity index (χ4n) is 1.80. The Kier molecular flexibility index (Phi) is 2.16. The van der Waals surface area contributed by atoms with E-state index in [1.54, 1.807) is 0 Å². The number of carbonyl (C=O) groups is 2. The van der Waals surface area contributed by atoms with Gasteiger partial charge in [0.05, 0.1) is 0 Å². The van der Waals surface area contributed by atoms with E-state index >= 15 is 0 Å². The lowest BCUT2D eigenvalue weighted by Crippen LogP contribution is -2.49. The summed E-state index contributed by atoms with van der Waals surface area (Å²) in [5.41, 5.74) is 1.09. The molecule has 2 unspecified atom stereocenters. The molecule has 3 nitrogen and oxygen atoms in total. The highest BCUT2D eigenvalue weighted by atomic mass is 79.9. The number of fused-ring (bicyclic) bond motifs is 1. The Balaban J connectivity index is 2.53. The van der Waals surface area contributed by atoms with Gasteiger partial charge in [-0.25, -0.2) is 9.59 Å². The van der Waals surface area contributed by atoms with E-state index < -0.39 is 20.6 Å². The third kappa shape index (κ3) is 1.08. The predicted molar refractivity (Wildman–Crippen MR) is 57.4 cm³/mol. The van der Waals surface area contributed by atoms with Crippen LogP contribution in [-0.2, 0) is 14.3 Å². The van der Waals surface area contributed by atoms with Crippen LogP contribution in [0.4, 0.5) is 0 Å². The third-order valence-corrected chi connectivity index (χ3v) is 5.85. The Morgan fingerprint density at radius 1 is 1.29 bits per heavy atom. The summed E-state index contributed by atoms with van der Waals surface area (Å²) in [6.45, 7) is 1.94. The van der Waals surface area contributed by atoms with E-state index in [9.17, 15) is 9.59 Å². The number of carbonyl (C=O) groups excluding carboxylic acids is 2. The van der Waals surface area contributed by atoms with Crippen molar-refractivity contribution in [2.75, 3.05) is 0 Å². The summed E-state index contributed by atoms with van der Waals surface area (Å²) < 4.78 is 2.82. The average Bonchev–Trinajstić information content (AvgIpc) is 2.26. The number of allylic oxidation sites excluding steroid dienone is 2. The molecule has 2 aliphatic rings. The fourth-order valence-corrected chi connectivity index (χ4v) is 3.19. The van der Waals surface area contributed by atoms with Crippen LogP contribution in [0, 0.1) is 0 Å². The van der Waals surface area contributed by atoms with Crippen molar-refractivity contribution in [3.8, 4) is 0 Å². The predicted octanol–water partition coefficient (Wildman–Crippen LogP) is 2.08. The summed E-state index contributed by atoms with van der Waals surface area (Å²) in [7, 11) is 0. The van der Waals surface area contributed by atoms with Gasteiger partial charge in [-0.05, 0) is 19.8 Å². The lowest BCUT2D eigenvalue weighted by molar-refractivity contribution is -0.153. The van der Waals surface area contributed by atoms with Crippen LogP contribution in [0.2, 0.25) is 0 Å². The topological polar surface area (TPSA) is 43.4 Å². The molecule has 0 spiro atoms. The molecule has 1 saturated heterocycles. The molecule has 0 aromatic heterocycles. The maximum atomic E-state index is 11.5. The van der Waals surface area contributed by atoms with Crippen molar-refractivity contribution >= 4 is 43.8 Å². The molecule has 14 heavy (non-hydrogen) atoms. The van der Waals surface area contributed by atoms with E-state index in [0.29, 0.717) is 12.8 Å². The molecule has 0 saturated carbocycles. The van der Waals surface area contributed by atoms with Gasteiger partial charge in [-0.3, -0.25) is 0 Å². The van der Waals surface area contributed by atoms with E-state index in [1.807, 2.05) is 13.0 Å². The van der Waals surface area contributed by atoms with Crippen LogP contribution in [0.15, 0.2) is 11.6 Å². The number of cyclic esters (lactones) is 2. The van der Waals surface area contributed by atoms with E-state index in [2.05, 4.69) is 36.6 Å². The molecule has 0 aromatic rings.